The highest BCUT2D eigenvalue weighted by Crippen LogP contribution is 2.25. The Hall–Kier alpha value is -1.63. The topological polar surface area (TPSA) is 84.7 Å². The molecule has 1 unspecified atom stereocenters. The SMILES string of the molecule is CC(NC(=O)[C@@H]1CC[C@H](CN)O1)c1cccc(N2CCCC2=O)c1.Cl. The molecule has 3 N–H and O–H groups in total. The standard InChI is InChI=1S/C18H25N3O3.ClH/c1-12(20-18(23)16-8-7-15(11-19)24-16)13-4-2-5-14(10-13)21-9-3-6-17(21)22;/h2,4-5,10,12,15-16H,3,6-9,11,19H2,1H3,(H,20,23);1H/t12?,15-,16+;/m1./s1. The van der Waals surface area contributed by atoms with Gasteiger partial charge in [0, 0.05) is 25.2 Å². The molecule has 0 aliphatic carbocycles. The summed E-state index contributed by atoms with van der Waals surface area (Å²) < 4.78 is 5.64. The van der Waals surface area contributed by atoms with Crippen LogP contribution in [0.1, 0.15) is 44.2 Å². The molecular formula is C18H26ClN3O3. The van der Waals surface area contributed by atoms with Crippen LogP contribution in [-0.2, 0) is 14.3 Å². The van der Waals surface area contributed by atoms with E-state index in [2.05, 4.69) is 5.32 Å². The number of amides is 2. The normalized spacial score (nSPS) is 24.1. The van der Waals surface area contributed by atoms with Crippen LogP contribution in [-0.4, -0.2) is 37.1 Å². The van der Waals surface area contributed by atoms with Gasteiger partial charge in [-0.3, -0.25) is 9.59 Å². The Labute approximate surface area is 154 Å². The van der Waals surface area contributed by atoms with Gasteiger partial charge in [0.1, 0.15) is 6.10 Å². The number of nitrogens with zero attached hydrogens (tertiary/aromatic N) is 1. The second-order valence-electron chi connectivity index (χ2n) is 6.53. The summed E-state index contributed by atoms with van der Waals surface area (Å²) in [6.07, 6.45) is 2.62. The number of benzene rings is 1. The maximum Gasteiger partial charge on any atom is 0.249 e. The number of hydrogen-bond donors (Lipinski definition) is 2. The van der Waals surface area contributed by atoms with E-state index < -0.39 is 6.10 Å². The number of nitrogens with one attached hydrogen (secondary N) is 1. The van der Waals surface area contributed by atoms with Crippen LogP contribution in [0.15, 0.2) is 24.3 Å². The average molecular weight is 368 g/mol. The Kier molecular flexibility index (Phi) is 6.81. The molecule has 2 fully saturated rings. The van der Waals surface area contributed by atoms with E-state index in [1.165, 1.54) is 0 Å². The Morgan fingerprint density at radius 1 is 1.44 bits per heavy atom. The number of halogens is 1. The van der Waals surface area contributed by atoms with E-state index in [4.69, 9.17) is 10.5 Å². The lowest BCUT2D eigenvalue weighted by atomic mass is 10.1. The van der Waals surface area contributed by atoms with Crippen molar-refractivity contribution >= 4 is 29.9 Å². The van der Waals surface area contributed by atoms with E-state index in [1.54, 1.807) is 0 Å². The van der Waals surface area contributed by atoms with Gasteiger partial charge in [-0.05, 0) is 43.9 Å². The summed E-state index contributed by atoms with van der Waals surface area (Å²) in [5.41, 5.74) is 7.47. The summed E-state index contributed by atoms with van der Waals surface area (Å²) >= 11 is 0. The van der Waals surface area contributed by atoms with Gasteiger partial charge < -0.3 is 20.7 Å². The molecule has 0 spiro atoms. The van der Waals surface area contributed by atoms with Crippen LogP contribution in [0.25, 0.3) is 0 Å². The maximum absolute atomic E-state index is 12.3. The number of rotatable bonds is 5. The van der Waals surface area contributed by atoms with Gasteiger partial charge in [-0.1, -0.05) is 12.1 Å². The first kappa shape index (κ1) is 19.7. The van der Waals surface area contributed by atoms with Crippen molar-refractivity contribution < 1.29 is 14.3 Å². The summed E-state index contributed by atoms with van der Waals surface area (Å²) in [4.78, 5) is 26.0. The lowest BCUT2D eigenvalue weighted by molar-refractivity contribution is -0.132. The Morgan fingerprint density at radius 2 is 2.24 bits per heavy atom. The third-order valence-corrected chi connectivity index (χ3v) is 4.78. The molecule has 2 aliphatic rings. The van der Waals surface area contributed by atoms with E-state index in [9.17, 15) is 9.59 Å². The number of carbonyl (C=O) groups excluding carboxylic acids is 2. The average Bonchev–Trinajstić information content (AvgIpc) is 3.23. The summed E-state index contributed by atoms with van der Waals surface area (Å²) in [5.74, 6) is 0.0668. The fourth-order valence-corrected chi connectivity index (χ4v) is 3.34. The predicted octanol–water partition coefficient (Wildman–Crippen LogP) is 1.92. The zero-order valence-corrected chi connectivity index (χ0v) is 15.3. The molecule has 0 radical (unpaired) electrons. The van der Waals surface area contributed by atoms with Crippen molar-refractivity contribution in [2.75, 3.05) is 18.0 Å². The number of ether oxygens (including phenoxy) is 1. The highest BCUT2D eigenvalue weighted by atomic mass is 35.5. The van der Waals surface area contributed by atoms with Gasteiger partial charge >= 0.3 is 0 Å². The first-order chi connectivity index (χ1) is 11.6. The minimum atomic E-state index is -0.413. The number of nitrogens with two attached hydrogens (primary N) is 1. The molecule has 0 saturated carbocycles. The van der Waals surface area contributed by atoms with Crippen LogP contribution in [0.4, 0.5) is 5.69 Å². The van der Waals surface area contributed by atoms with Crippen molar-refractivity contribution in [3.63, 3.8) is 0 Å². The number of anilines is 1. The third kappa shape index (κ3) is 4.51. The van der Waals surface area contributed by atoms with E-state index in [1.807, 2.05) is 36.1 Å². The molecule has 1 aromatic rings. The van der Waals surface area contributed by atoms with Crippen LogP contribution < -0.4 is 16.0 Å². The quantitative estimate of drug-likeness (QED) is 0.832. The van der Waals surface area contributed by atoms with Gasteiger partial charge in [-0.15, -0.1) is 12.4 Å². The Bertz CT molecular complexity index is 625. The van der Waals surface area contributed by atoms with Crippen molar-refractivity contribution in [3.05, 3.63) is 29.8 Å². The van der Waals surface area contributed by atoms with Crippen molar-refractivity contribution in [1.82, 2.24) is 5.32 Å². The van der Waals surface area contributed by atoms with Gasteiger partial charge in [-0.25, -0.2) is 0 Å². The van der Waals surface area contributed by atoms with Crippen LogP contribution in [0.2, 0.25) is 0 Å². The second-order valence-corrected chi connectivity index (χ2v) is 6.53. The molecule has 2 aliphatic heterocycles. The van der Waals surface area contributed by atoms with E-state index in [-0.39, 0.29) is 36.4 Å². The molecule has 2 amide bonds. The van der Waals surface area contributed by atoms with Crippen molar-refractivity contribution in [2.24, 2.45) is 5.73 Å². The van der Waals surface area contributed by atoms with Crippen LogP contribution in [0.5, 0.6) is 0 Å². The lowest BCUT2D eigenvalue weighted by Crippen LogP contribution is -2.37. The minimum absolute atomic E-state index is 0. The summed E-state index contributed by atoms with van der Waals surface area (Å²) in [5, 5.41) is 3.00. The molecule has 2 heterocycles. The van der Waals surface area contributed by atoms with Crippen molar-refractivity contribution in [1.29, 1.82) is 0 Å². The second kappa shape index (κ2) is 8.65. The first-order valence-electron chi connectivity index (χ1n) is 8.64. The van der Waals surface area contributed by atoms with Gasteiger partial charge in [0.25, 0.3) is 0 Å². The molecule has 1 aromatic carbocycles. The Morgan fingerprint density at radius 3 is 2.88 bits per heavy atom. The highest BCUT2D eigenvalue weighted by molar-refractivity contribution is 5.95. The summed E-state index contributed by atoms with van der Waals surface area (Å²) in [6.45, 7) is 3.16. The fraction of sp³-hybridized carbons (Fsp3) is 0.556. The molecule has 6 nitrogen and oxygen atoms in total. The Balaban J connectivity index is 0.00000225. The number of hydrogen-bond acceptors (Lipinski definition) is 4. The van der Waals surface area contributed by atoms with Crippen molar-refractivity contribution in [3.8, 4) is 0 Å². The molecule has 138 valence electrons. The smallest absolute Gasteiger partial charge is 0.249 e. The van der Waals surface area contributed by atoms with Crippen LogP contribution in [0.3, 0.4) is 0 Å². The molecule has 3 rings (SSSR count). The molecule has 2 saturated heterocycles. The zero-order chi connectivity index (χ0) is 17.1. The molecule has 25 heavy (non-hydrogen) atoms. The highest BCUT2D eigenvalue weighted by Gasteiger charge is 2.30. The predicted molar refractivity (Wildman–Crippen MR) is 98.8 cm³/mol. The molecule has 0 bridgehead atoms. The largest absolute Gasteiger partial charge is 0.364 e. The monoisotopic (exact) mass is 367 g/mol. The van der Waals surface area contributed by atoms with Crippen molar-refractivity contribution in [2.45, 2.75) is 50.9 Å². The van der Waals surface area contributed by atoms with E-state index in [0.717, 1.165) is 30.6 Å². The van der Waals surface area contributed by atoms with Gasteiger partial charge in [0.15, 0.2) is 0 Å². The molecule has 3 atom stereocenters. The first-order valence-corrected chi connectivity index (χ1v) is 8.64. The minimum Gasteiger partial charge on any atom is -0.364 e. The summed E-state index contributed by atoms with van der Waals surface area (Å²) in [6, 6.07) is 7.66. The third-order valence-electron chi connectivity index (χ3n) is 4.78. The summed E-state index contributed by atoms with van der Waals surface area (Å²) in [7, 11) is 0. The lowest BCUT2D eigenvalue weighted by Gasteiger charge is -2.21. The molecule has 0 aromatic heterocycles. The molecule has 7 heteroatoms. The number of carbonyl (C=O) groups is 2. The molecular weight excluding hydrogens is 342 g/mol. The van der Waals surface area contributed by atoms with Gasteiger partial charge in [0.2, 0.25) is 11.8 Å². The van der Waals surface area contributed by atoms with Gasteiger partial charge in [-0.2, -0.15) is 0 Å². The zero-order valence-electron chi connectivity index (χ0n) is 14.4. The maximum atomic E-state index is 12.3. The van der Waals surface area contributed by atoms with E-state index in [0.29, 0.717) is 19.4 Å². The van der Waals surface area contributed by atoms with E-state index >= 15 is 0 Å². The fourth-order valence-electron chi connectivity index (χ4n) is 3.34. The van der Waals surface area contributed by atoms with Crippen LogP contribution >= 0.6 is 12.4 Å². The van der Waals surface area contributed by atoms with Crippen LogP contribution in [0, 0.1) is 0 Å². The van der Waals surface area contributed by atoms with Gasteiger partial charge in [0.05, 0.1) is 12.1 Å².